The monoisotopic (exact) mass is 253 g/mol. The molecule has 18 heavy (non-hydrogen) atoms. The van der Waals surface area contributed by atoms with E-state index in [1.165, 1.54) is 6.20 Å². The van der Waals surface area contributed by atoms with Gasteiger partial charge in [0.1, 0.15) is 5.82 Å². The number of nitrogen functional groups attached to an aromatic ring is 1. The molecule has 0 saturated heterocycles. The minimum Gasteiger partial charge on any atom is -0.462 e. The molecule has 1 atom stereocenters. The fraction of sp³-hybridized carbons (Fsp3) is 0.500. The van der Waals surface area contributed by atoms with Crippen molar-refractivity contribution >= 4 is 17.5 Å². The zero-order chi connectivity index (χ0) is 13.5. The fourth-order valence-corrected chi connectivity index (χ4v) is 1.50. The number of hydrogen-bond acceptors (Lipinski definition) is 6. The first-order valence-electron chi connectivity index (χ1n) is 5.77. The Morgan fingerprint density at radius 1 is 1.61 bits per heavy atom. The SMILES string of the molecule is CCOC(=O)c1ccnc(NC(C)COC)c1N. The molecule has 0 saturated carbocycles. The highest BCUT2D eigenvalue weighted by molar-refractivity contribution is 5.97. The Balaban J connectivity index is 2.88. The molecule has 6 nitrogen and oxygen atoms in total. The van der Waals surface area contributed by atoms with Crippen LogP contribution in [0, 0.1) is 0 Å². The van der Waals surface area contributed by atoms with Crippen LogP contribution in [0.3, 0.4) is 0 Å². The lowest BCUT2D eigenvalue weighted by molar-refractivity contribution is 0.0527. The summed E-state index contributed by atoms with van der Waals surface area (Å²) in [5, 5.41) is 3.08. The molecule has 0 spiro atoms. The number of methoxy groups -OCH3 is 1. The lowest BCUT2D eigenvalue weighted by Crippen LogP contribution is -2.23. The number of carbonyl (C=O) groups is 1. The third-order valence-corrected chi connectivity index (χ3v) is 2.29. The van der Waals surface area contributed by atoms with Crippen LogP contribution in [-0.4, -0.2) is 37.3 Å². The van der Waals surface area contributed by atoms with Gasteiger partial charge in [-0.15, -0.1) is 0 Å². The summed E-state index contributed by atoms with van der Waals surface area (Å²) >= 11 is 0. The van der Waals surface area contributed by atoms with Gasteiger partial charge in [-0.05, 0) is 19.9 Å². The molecular formula is C12H19N3O3. The summed E-state index contributed by atoms with van der Waals surface area (Å²) in [5.74, 6) is 0.0185. The molecule has 0 aromatic carbocycles. The van der Waals surface area contributed by atoms with Crippen LogP contribution in [-0.2, 0) is 9.47 Å². The van der Waals surface area contributed by atoms with Crippen LogP contribution in [0.5, 0.6) is 0 Å². The predicted molar refractivity (Wildman–Crippen MR) is 69.6 cm³/mol. The summed E-state index contributed by atoms with van der Waals surface area (Å²) in [4.78, 5) is 15.8. The van der Waals surface area contributed by atoms with Crippen molar-refractivity contribution in [2.45, 2.75) is 19.9 Å². The van der Waals surface area contributed by atoms with Gasteiger partial charge in [0.15, 0.2) is 0 Å². The van der Waals surface area contributed by atoms with Gasteiger partial charge in [-0.25, -0.2) is 9.78 Å². The van der Waals surface area contributed by atoms with Crippen molar-refractivity contribution in [2.24, 2.45) is 0 Å². The second-order valence-corrected chi connectivity index (χ2v) is 3.84. The highest BCUT2D eigenvalue weighted by atomic mass is 16.5. The number of esters is 1. The van der Waals surface area contributed by atoms with E-state index in [0.717, 1.165) is 0 Å². The first kappa shape index (κ1) is 14.2. The summed E-state index contributed by atoms with van der Waals surface area (Å²) in [7, 11) is 1.62. The topological polar surface area (TPSA) is 86.5 Å². The largest absolute Gasteiger partial charge is 0.462 e. The Morgan fingerprint density at radius 3 is 2.94 bits per heavy atom. The number of nitrogens with two attached hydrogens (primary N) is 1. The van der Waals surface area contributed by atoms with Gasteiger partial charge in [0.05, 0.1) is 24.5 Å². The van der Waals surface area contributed by atoms with Crippen LogP contribution >= 0.6 is 0 Å². The summed E-state index contributed by atoms with van der Waals surface area (Å²) in [6.45, 7) is 4.50. The average molecular weight is 253 g/mol. The van der Waals surface area contributed by atoms with E-state index in [-0.39, 0.29) is 6.04 Å². The second kappa shape index (κ2) is 6.80. The number of rotatable bonds is 6. The molecule has 0 aliphatic carbocycles. The summed E-state index contributed by atoms with van der Waals surface area (Å²) in [6, 6.07) is 1.58. The molecule has 0 aliphatic rings. The van der Waals surface area contributed by atoms with Gasteiger partial charge in [0.25, 0.3) is 0 Å². The number of hydrogen-bond donors (Lipinski definition) is 2. The van der Waals surface area contributed by atoms with Crippen molar-refractivity contribution < 1.29 is 14.3 Å². The van der Waals surface area contributed by atoms with Gasteiger partial charge in [-0.2, -0.15) is 0 Å². The second-order valence-electron chi connectivity index (χ2n) is 3.84. The molecule has 1 heterocycles. The molecule has 1 rings (SSSR count). The van der Waals surface area contributed by atoms with Crippen molar-refractivity contribution in [3.05, 3.63) is 17.8 Å². The Bertz CT molecular complexity index is 410. The van der Waals surface area contributed by atoms with Gasteiger partial charge in [-0.3, -0.25) is 0 Å². The molecule has 1 aromatic rings. The van der Waals surface area contributed by atoms with E-state index < -0.39 is 5.97 Å². The Kier molecular flexibility index (Phi) is 5.38. The van der Waals surface area contributed by atoms with Crippen molar-refractivity contribution in [3.63, 3.8) is 0 Å². The van der Waals surface area contributed by atoms with E-state index in [1.54, 1.807) is 20.1 Å². The third kappa shape index (κ3) is 3.59. The van der Waals surface area contributed by atoms with Gasteiger partial charge >= 0.3 is 5.97 Å². The molecule has 0 fully saturated rings. The molecule has 1 unspecified atom stereocenters. The zero-order valence-electron chi connectivity index (χ0n) is 10.9. The van der Waals surface area contributed by atoms with Crippen LogP contribution < -0.4 is 11.1 Å². The van der Waals surface area contributed by atoms with E-state index in [9.17, 15) is 4.79 Å². The van der Waals surface area contributed by atoms with Gasteiger partial charge in [0.2, 0.25) is 0 Å². The first-order valence-corrected chi connectivity index (χ1v) is 5.77. The number of nitrogens with zero attached hydrogens (tertiary/aromatic N) is 1. The lowest BCUT2D eigenvalue weighted by atomic mass is 10.2. The number of ether oxygens (including phenoxy) is 2. The number of pyridine rings is 1. The van der Waals surface area contributed by atoms with Crippen LogP contribution in [0.15, 0.2) is 12.3 Å². The molecule has 100 valence electrons. The average Bonchev–Trinajstić information content (AvgIpc) is 2.32. The van der Waals surface area contributed by atoms with Crippen molar-refractivity contribution in [1.29, 1.82) is 0 Å². The van der Waals surface area contributed by atoms with E-state index in [0.29, 0.717) is 30.3 Å². The Hall–Kier alpha value is -1.82. The Morgan fingerprint density at radius 2 is 2.33 bits per heavy atom. The van der Waals surface area contributed by atoms with Gasteiger partial charge in [0, 0.05) is 19.3 Å². The fourth-order valence-electron chi connectivity index (χ4n) is 1.50. The highest BCUT2D eigenvalue weighted by Gasteiger charge is 2.15. The number of nitrogens with one attached hydrogen (secondary N) is 1. The standard InChI is InChI=1S/C12H19N3O3/c1-4-18-12(16)9-5-6-14-11(10(9)13)15-8(2)7-17-3/h5-6,8H,4,7,13H2,1-3H3,(H,14,15). The maximum atomic E-state index is 11.6. The summed E-state index contributed by atoms with van der Waals surface area (Å²) < 4.78 is 9.93. The van der Waals surface area contributed by atoms with E-state index in [4.69, 9.17) is 15.2 Å². The van der Waals surface area contributed by atoms with Gasteiger partial charge in [-0.1, -0.05) is 0 Å². The summed E-state index contributed by atoms with van der Waals surface area (Å²) in [5.41, 5.74) is 6.50. The summed E-state index contributed by atoms with van der Waals surface area (Å²) in [6.07, 6.45) is 1.52. The van der Waals surface area contributed by atoms with Gasteiger partial charge < -0.3 is 20.5 Å². The van der Waals surface area contributed by atoms with Crippen molar-refractivity contribution in [1.82, 2.24) is 4.98 Å². The molecule has 0 aliphatic heterocycles. The molecule has 0 amide bonds. The molecule has 6 heteroatoms. The highest BCUT2D eigenvalue weighted by Crippen LogP contribution is 2.21. The molecule has 0 radical (unpaired) electrons. The van der Waals surface area contributed by atoms with Crippen molar-refractivity contribution in [3.8, 4) is 0 Å². The van der Waals surface area contributed by atoms with E-state index >= 15 is 0 Å². The quantitative estimate of drug-likeness (QED) is 0.743. The molecule has 0 bridgehead atoms. The number of aromatic nitrogens is 1. The van der Waals surface area contributed by atoms with Crippen LogP contribution in [0.25, 0.3) is 0 Å². The predicted octanol–water partition coefficient (Wildman–Crippen LogP) is 1.29. The zero-order valence-corrected chi connectivity index (χ0v) is 10.9. The maximum Gasteiger partial charge on any atom is 0.340 e. The smallest absolute Gasteiger partial charge is 0.340 e. The van der Waals surface area contributed by atoms with E-state index in [2.05, 4.69) is 10.3 Å². The minimum absolute atomic E-state index is 0.0437. The van der Waals surface area contributed by atoms with Crippen LogP contribution in [0.1, 0.15) is 24.2 Å². The normalized spacial score (nSPS) is 11.9. The Labute approximate surface area is 106 Å². The van der Waals surface area contributed by atoms with E-state index in [1.807, 2.05) is 6.92 Å². The number of anilines is 2. The minimum atomic E-state index is -0.445. The first-order chi connectivity index (χ1) is 8.60. The third-order valence-electron chi connectivity index (χ3n) is 2.29. The van der Waals surface area contributed by atoms with Crippen molar-refractivity contribution in [2.75, 3.05) is 31.4 Å². The lowest BCUT2D eigenvalue weighted by Gasteiger charge is -2.16. The maximum absolute atomic E-state index is 11.6. The molecular weight excluding hydrogens is 234 g/mol. The molecule has 1 aromatic heterocycles. The molecule has 3 N–H and O–H groups in total. The van der Waals surface area contributed by atoms with Crippen LogP contribution in [0.2, 0.25) is 0 Å². The number of carbonyl (C=O) groups excluding carboxylic acids is 1. The van der Waals surface area contributed by atoms with Crippen LogP contribution in [0.4, 0.5) is 11.5 Å².